The second kappa shape index (κ2) is 8.44. The summed E-state index contributed by atoms with van der Waals surface area (Å²) in [5, 5.41) is 0. The molecule has 0 unspecified atom stereocenters. The first kappa shape index (κ1) is 21.5. The molecule has 1 aromatic heterocycles. The monoisotopic (exact) mass is 477 g/mol. The summed E-state index contributed by atoms with van der Waals surface area (Å²) in [6.45, 7) is 2.40. The molecule has 1 aliphatic heterocycles. The molecule has 0 N–H and O–H groups in total. The number of benzene rings is 3. The smallest absolute Gasteiger partial charge is 0.225 e. The summed E-state index contributed by atoms with van der Waals surface area (Å²) in [6.07, 6.45) is 8.48. The number of nitrogens with zero attached hydrogens (tertiary/aromatic N) is 3. The van der Waals surface area contributed by atoms with E-state index in [1.165, 1.54) is 34.4 Å². The molecule has 0 bridgehead atoms. The number of rotatable bonds is 5. The van der Waals surface area contributed by atoms with Crippen LogP contribution in [0, 0.1) is 17.7 Å². The molecular formula is C31H28FN3O. The summed E-state index contributed by atoms with van der Waals surface area (Å²) < 4.78 is 16.3. The number of likely N-dealkylation sites (tertiary alicyclic amines) is 1. The maximum absolute atomic E-state index is 14.0. The summed E-state index contributed by atoms with van der Waals surface area (Å²) in [5.41, 5.74) is 7.66. The highest BCUT2D eigenvalue weighted by Gasteiger charge is 2.36. The molecule has 3 aromatic carbocycles. The minimum Gasteiger partial charge on any atom is -0.342 e. The number of imidazole rings is 1. The van der Waals surface area contributed by atoms with Gasteiger partial charge in [0.15, 0.2) is 0 Å². The summed E-state index contributed by atoms with van der Waals surface area (Å²) in [7, 11) is 0. The molecule has 2 fully saturated rings. The van der Waals surface area contributed by atoms with Crippen molar-refractivity contribution in [2.24, 2.45) is 11.8 Å². The van der Waals surface area contributed by atoms with Crippen LogP contribution in [0.25, 0.3) is 39.6 Å². The van der Waals surface area contributed by atoms with Crippen LogP contribution in [0.4, 0.5) is 4.39 Å². The van der Waals surface area contributed by atoms with E-state index in [-0.39, 0.29) is 11.7 Å². The van der Waals surface area contributed by atoms with Gasteiger partial charge < -0.3 is 9.47 Å². The zero-order valence-corrected chi connectivity index (χ0v) is 20.2. The predicted octanol–water partition coefficient (Wildman–Crippen LogP) is 6.34. The zero-order valence-electron chi connectivity index (χ0n) is 20.2. The number of aromatic nitrogens is 2. The lowest BCUT2D eigenvalue weighted by atomic mass is 9.99. The SMILES string of the molecule is O=C(C1CC1)N1CC[C@@H](Cn2c(-c3ccc(-c4ccc5c(c4)C=CC5)cc3)nc3cc(F)ccc32)C1. The fourth-order valence-electron chi connectivity index (χ4n) is 5.78. The number of carbonyl (C=O) groups is 1. The van der Waals surface area contributed by atoms with E-state index < -0.39 is 0 Å². The van der Waals surface area contributed by atoms with Crippen LogP contribution < -0.4 is 0 Å². The van der Waals surface area contributed by atoms with E-state index in [4.69, 9.17) is 4.98 Å². The van der Waals surface area contributed by atoms with Crippen molar-refractivity contribution >= 4 is 23.0 Å². The fourth-order valence-corrected chi connectivity index (χ4v) is 5.78. The van der Waals surface area contributed by atoms with E-state index in [0.29, 0.717) is 17.3 Å². The number of hydrogen-bond donors (Lipinski definition) is 0. The Kier molecular flexibility index (Phi) is 5.05. The van der Waals surface area contributed by atoms with E-state index in [9.17, 15) is 9.18 Å². The number of allylic oxidation sites excluding steroid dienone is 1. The van der Waals surface area contributed by atoms with Crippen molar-refractivity contribution in [3.8, 4) is 22.5 Å². The molecular weight excluding hydrogens is 449 g/mol. The minimum atomic E-state index is -0.276. The van der Waals surface area contributed by atoms with Crippen LogP contribution in [0.3, 0.4) is 0 Å². The van der Waals surface area contributed by atoms with Crippen LogP contribution in [0.5, 0.6) is 0 Å². The average Bonchev–Trinajstić information content (AvgIpc) is 3.30. The molecule has 0 spiro atoms. The van der Waals surface area contributed by atoms with E-state index >= 15 is 0 Å². The highest BCUT2D eigenvalue weighted by atomic mass is 19.1. The van der Waals surface area contributed by atoms with Crippen molar-refractivity contribution in [3.05, 3.63) is 83.7 Å². The molecule has 1 saturated heterocycles. The standard InChI is InChI=1S/C31H28FN3O/c32-27-12-13-29-28(17-27)33-30(35(29)19-20-14-15-34(18-20)31(36)24-9-10-24)23-7-4-22(5-8-23)26-11-6-21-2-1-3-25(21)16-26/h1,3-8,11-13,16-17,20,24H,2,9-10,14-15,18-19H2/t20-/m1/s1. The highest BCUT2D eigenvalue weighted by Crippen LogP contribution is 2.35. The molecule has 1 saturated carbocycles. The molecule has 1 atom stereocenters. The summed E-state index contributed by atoms with van der Waals surface area (Å²) in [6, 6.07) is 20.0. The van der Waals surface area contributed by atoms with E-state index in [1.54, 1.807) is 0 Å². The second-order valence-corrected chi connectivity index (χ2v) is 10.5. The molecule has 3 aliphatic rings. The van der Waals surface area contributed by atoms with Gasteiger partial charge in [0.2, 0.25) is 5.91 Å². The molecule has 0 radical (unpaired) electrons. The molecule has 2 aliphatic carbocycles. The van der Waals surface area contributed by atoms with Gasteiger partial charge >= 0.3 is 0 Å². The molecule has 4 nitrogen and oxygen atoms in total. The van der Waals surface area contributed by atoms with Crippen molar-refractivity contribution in [2.75, 3.05) is 13.1 Å². The second-order valence-electron chi connectivity index (χ2n) is 10.5. The Bertz CT molecular complexity index is 1510. The van der Waals surface area contributed by atoms with Crippen LogP contribution in [-0.2, 0) is 17.8 Å². The lowest BCUT2D eigenvalue weighted by molar-refractivity contribution is -0.131. The molecule has 180 valence electrons. The van der Waals surface area contributed by atoms with E-state index in [1.807, 2.05) is 11.0 Å². The first-order valence-electron chi connectivity index (χ1n) is 13.0. The molecule has 2 heterocycles. The van der Waals surface area contributed by atoms with Crippen molar-refractivity contribution in [3.63, 3.8) is 0 Å². The third kappa shape index (κ3) is 3.83. The van der Waals surface area contributed by atoms with E-state index in [0.717, 1.165) is 62.2 Å². The normalized spacial score (nSPS) is 18.8. The van der Waals surface area contributed by atoms with Crippen LogP contribution in [0.2, 0.25) is 0 Å². The Morgan fingerprint density at radius 3 is 2.58 bits per heavy atom. The van der Waals surface area contributed by atoms with Crippen molar-refractivity contribution in [1.82, 2.24) is 14.5 Å². The van der Waals surface area contributed by atoms with Gasteiger partial charge in [0, 0.05) is 37.2 Å². The van der Waals surface area contributed by atoms with Crippen molar-refractivity contribution < 1.29 is 9.18 Å². The van der Waals surface area contributed by atoms with Gasteiger partial charge in [-0.05, 0) is 72.1 Å². The first-order chi connectivity index (χ1) is 17.6. The third-order valence-corrected chi connectivity index (χ3v) is 7.93. The molecule has 5 heteroatoms. The first-order valence-corrected chi connectivity index (χ1v) is 13.0. The Balaban J connectivity index is 1.20. The maximum Gasteiger partial charge on any atom is 0.225 e. The predicted molar refractivity (Wildman–Crippen MR) is 141 cm³/mol. The lowest BCUT2D eigenvalue weighted by Gasteiger charge is -2.18. The summed E-state index contributed by atoms with van der Waals surface area (Å²) in [4.78, 5) is 19.5. The topological polar surface area (TPSA) is 38.1 Å². The van der Waals surface area contributed by atoms with Gasteiger partial charge in [-0.1, -0.05) is 48.6 Å². The quantitative estimate of drug-likeness (QED) is 0.337. The molecule has 7 rings (SSSR count). The Hall–Kier alpha value is -3.73. The number of halogens is 1. The Morgan fingerprint density at radius 2 is 1.75 bits per heavy atom. The largest absolute Gasteiger partial charge is 0.342 e. The van der Waals surface area contributed by atoms with Crippen LogP contribution in [-0.4, -0.2) is 33.4 Å². The van der Waals surface area contributed by atoms with Gasteiger partial charge in [-0.15, -0.1) is 0 Å². The van der Waals surface area contributed by atoms with Gasteiger partial charge in [0.1, 0.15) is 11.6 Å². The molecule has 1 amide bonds. The number of carbonyl (C=O) groups excluding carboxylic acids is 1. The number of fused-ring (bicyclic) bond motifs is 2. The van der Waals surface area contributed by atoms with Gasteiger partial charge in [-0.3, -0.25) is 4.79 Å². The Morgan fingerprint density at radius 1 is 0.944 bits per heavy atom. The zero-order chi connectivity index (χ0) is 24.2. The summed E-state index contributed by atoms with van der Waals surface area (Å²) in [5.74, 6) is 1.53. The van der Waals surface area contributed by atoms with Gasteiger partial charge in [-0.25, -0.2) is 9.37 Å². The fraction of sp³-hybridized carbons (Fsp3) is 0.290. The highest BCUT2D eigenvalue weighted by molar-refractivity contribution is 5.82. The minimum absolute atomic E-state index is 0.261. The van der Waals surface area contributed by atoms with Crippen LogP contribution in [0.1, 0.15) is 30.4 Å². The van der Waals surface area contributed by atoms with Gasteiger partial charge in [0.05, 0.1) is 11.0 Å². The van der Waals surface area contributed by atoms with Gasteiger partial charge in [-0.2, -0.15) is 0 Å². The van der Waals surface area contributed by atoms with Gasteiger partial charge in [0.25, 0.3) is 0 Å². The number of amides is 1. The lowest BCUT2D eigenvalue weighted by Crippen LogP contribution is -2.30. The third-order valence-electron chi connectivity index (χ3n) is 7.93. The van der Waals surface area contributed by atoms with Crippen LogP contribution >= 0.6 is 0 Å². The molecule has 4 aromatic rings. The average molecular weight is 478 g/mol. The number of hydrogen-bond acceptors (Lipinski definition) is 2. The van der Waals surface area contributed by atoms with Crippen LogP contribution in [0.15, 0.2) is 66.7 Å². The summed E-state index contributed by atoms with van der Waals surface area (Å²) >= 11 is 0. The maximum atomic E-state index is 14.0. The Labute approximate surface area is 210 Å². The van der Waals surface area contributed by atoms with Crippen molar-refractivity contribution in [2.45, 2.75) is 32.2 Å². The van der Waals surface area contributed by atoms with E-state index in [2.05, 4.69) is 59.2 Å². The van der Waals surface area contributed by atoms with Crippen molar-refractivity contribution in [1.29, 1.82) is 0 Å². The molecule has 36 heavy (non-hydrogen) atoms.